The van der Waals surface area contributed by atoms with Crippen LogP contribution in [-0.2, 0) is 0 Å². The monoisotopic (exact) mass is 186 g/mol. The van der Waals surface area contributed by atoms with Crippen LogP contribution in [-0.4, -0.2) is 19.1 Å². The van der Waals surface area contributed by atoms with Crippen molar-refractivity contribution in [1.29, 1.82) is 0 Å². The number of hydrogen-bond acceptors (Lipinski definition) is 2. The lowest BCUT2D eigenvalue weighted by Crippen LogP contribution is -2.43. The Morgan fingerprint density at radius 3 is 2.30 bits per heavy atom. The number of nitrogens with one attached hydrogen (secondary N) is 1. The van der Waals surface area contributed by atoms with Gasteiger partial charge >= 0.3 is 0 Å². The summed E-state index contributed by atoms with van der Waals surface area (Å²) >= 11 is 0. The Balaban J connectivity index is 0. The standard InChI is InChI=1S/C6H14N2.2ClH/c1-5-4-8-3-2-6(5)7;;/h5-6,8H,2-4,7H2,1H3;2*1H/t5-,6+;;/m1../s1. The molecule has 0 aromatic heterocycles. The van der Waals surface area contributed by atoms with Crippen molar-refractivity contribution in [2.45, 2.75) is 19.4 Å². The number of nitrogens with two attached hydrogens (primary N) is 1. The van der Waals surface area contributed by atoms with Gasteiger partial charge in [-0.25, -0.2) is 0 Å². The van der Waals surface area contributed by atoms with E-state index in [0.29, 0.717) is 12.0 Å². The van der Waals surface area contributed by atoms with E-state index in [1.54, 1.807) is 0 Å². The minimum absolute atomic E-state index is 0. The SMILES string of the molecule is C[C@@H]1CNCC[C@@H]1N.Cl.Cl. The highest BCUT2D eigenvalue weighted by atomic mass is 35.5. The summed E-state index contributed by atoms with van der Waals surface area (Å²) in [6.07, 6.45) is 1.14. The van der Waals surface area contributed by atoms with Crippen LogP contribution in [0, 0.1) is 5.92 Å². The second-order valence-electron chi connectivity index (χ2n) is 2.63. The van der Waals surface area contributed by atoms with Gasteiger partial charge in [0, 0.05) is 6.04 Å². The van der Waals surface area contributed by atoms with Gasteiger partial charge in [0.1, 0.15) is 0 Å². The molecule has 1 aliphatic rings. The molecule has 0 unspecified atom stereocenters. The van der Waals surface area contributed by atoms with Gasteiger partial charge in [0.05, 0.1) is 0 Å². The highest BCUT2D eigenvalue weighted by Gasteiger charge is 2.15. The fourth-order valence-corrected chi connectivity index (χ4v) is 1.03. The van der Waals surface area contributed by atoms with Crippen LogP contribution in [0.1, 0.15) is 13.3 Å². The van der Waals surface area contributed by atoms with Crippen LogP contribution in [0.15, 0.2) is 0 Å². The average Bonchev–Trinajstić information content (AvgIpc) is 1.77. The average molecular weight is 187 g/mol. The van der Waals surface area contributed by atoms with E-state index in [-0.39, 0.29) is 24.8 Å². The van der Waals surface area contributed by atoms with Gasteiger partial charge in [0.25, 0.3) is 0 Å². The Hall–Kier alpha value is 0.500. The lowest BCUT2D eigenvalue weighted by atomic mass is 9.97. The van der Waals surface area contributed by atoms with Crippen molar-refractivity contribution in [3.63, 3.8) is 0 Å². The number of rotatable bonds is 0. The van der Waals surface area contributed by atoms with Gasteiger partial charge in [-0.05, 0) is 25.4 Å². The second-order valence-corrected chi connectivity index (χ2v) is 2.63. The molecule has 1 heterocycles. The van der Waals surface area contributed by atoms with Gasteiger partial charge in [-0.3, -0.25) is 0 Å². The summed E-state index contributed by atoms with van der Waals surface area (Å²) in [5, 5.41) is 3.28. The summed E-state index contributed by atoms with van der Waals surface area (Å²) in [5.41, 5.74) is 5.74. The Morgan fingerprint density at radius 2 is 2.00 bits per heavy atom. The maximum absolute atomic E-state index is 5.74. The van der Waals surface area contributed by atoms with Crippen molar-refractivity contribution >= 4 is 24.8 Å². The molecule has 0 saturated carbocycles. The molecule has 64 valence electrons. The van der Waals surface area contributed by atoms with E-state index in [9.17, 15) is 0 Å². The molecule has 4 heteroatoms. The van der Waals surface area contributed by atoms with Gasteiger partial charge in [0.2, 0.25) is 0 Å². The molecular formula is C6H16Cl2N2. The maximum Gasteiger partial charge on any atom is 0.00887 e. The van der Waals surface area contributed by atoms with E-state index in [1.165, 1.54) is 0 Å². The molecule has 0 aromatic rings. The fraction of sp³-hybridized carbons (Fsp3) is 1.00. The molecule has 3 N–H and O–H groups in total. The van der Waals surface area contributed by atoms with Gasteiger partial charge in [-0.2, -0.15) is 0 Å². The Kier molecular flexibility index (Phi) is 8.17. The van der Waals surface area contributed by atoms with Crippen molar-refractivity contribution in [2.24, 2.45) is 11.7 Å². The maximum atomic E-state index is 5.74. The highest BCUT2D eigenvalue weighted by molar-refractivity contribution is 5.85. The van der Waals surface area contributed by atoms with E-state index >= 15 is 0 Å². The van der Waals surface area contributed by atoms with Crippen LogP contribution in [0.3, 0.4) is 0 Å². The predicted molar refractivity (Wildman–Crippen MR) is 49.1 cm³/mol. The van der Waals surface area contributed by atoms with Gasteiger partial charge in [-0.1, -0.05) is 6.92 Å². The van der Waals surface area contributed by atoms with Crippen molar-refractivity contribution in [3.05, 3.63) is 0 Å². The van der Waals surface area contributed by atoms with E-state index in [1.807, 2.05) is 0 Å². The third kappa shape index (κ3) is 3.62. The Labute approximate surface area is 74.8 Å². The number of hydrogen-bond donors (Lipinski definition) is 2. The Bertz CT molecular complexity index is 70.1. The third-order valence-corrected chi connectivity index (χ3v) is 1.85. The summed E-state index contributed by atoms with van der Waals surface area (Å²) in [4.78, 5) is 0. The molecule has 0 radical (unpaired) electrons. The largest absolute Gasteiger partial charge is 0.327 e. The summed E-state index contributed by atoms with van der Waals surface area (Å²) in [7, 11) is 0. The first-order valence-corrected chi connectivity index (χ1v) is 3.27. The molecule has 0 spiro atoms. The first kappa shape index (κ1) is 13.1. The molecule has 0 bridgehead atoms. The van der Waals surface area contributed by atoms with Crippen molar-refractivity contribution in [2.75, 3.05) is 13.1 Å². The normalized spacial score (nSPS) is 31.8. The third-order valence-electron chi connectivity index (χ3n) is 1.85. The number of piperidine rings is 1. The molecule has 0 aromatic carbocycles. The molecular weight excluding hydrogens is 171 g/mol. The predicted octanol–water partition coefficient (Wildman–Crippen LogP) is 0.787. The zero-order chi connectivity index (χ0) is 5.98. The molecule has 10 heavy (non-hydrogen) atoms. The Morgan fingerprint density at radius 1 is 1.40 bits per heavy atom. The first-order valence-electron chi connectivity index (χ1n) is 3.27. The molecule has 1 rings (SSSR count). The molecule has 0 aliphatic carbocycles. The van der Waals surface area contributed by atoms with E-state index in [4.69, 9.17) is 5.73 Å². The quantitative estimate of drug-likeness (QED) is 0.588. The van der Waals surface area contributed by atoms with E-state index in [0.717, 1.165) is 19.5 Å². The summed E-state index contributed by atoms with van der Waals surface area (Å²) in [6.45, 7) is 4.39. The first-order chi connectivity index (χ1) is 3.80. The van der Waals surface area contributed by atoms with Crippen molar-refractivity contribution in [3.8, 4) is 0 Å². The summed E-state index contributed by atoms with van der Waals surface area (Å²) in [6, 6.07) is 0.441. The van der Waals surface area contributed by atoms with Gasteiger partial charge < -0.3 is 11.1 Å². The molecule has 2 atom stereocenters. The van der Waals surface area contributed by atoms with Crippen LogP contribution in [0.2, 0.25) is 0 Å². The smallest absolute Gasteiger partial charge is 0.00887 e. The van der Waals surface area contributed by atoms with Gasteiger partial charge in [0.15, 0.2) is 0 Å². The van der Waals surface area contributed by atoms with Crippen LogP contribution in [0.4, 0.5) is 0 Å². The second kappa shape index (κ2) is 6.23. The molecule has 1 fully saturated rings. The lowest BCUT2D eigenvalue weighted by Gasteiger charge is -2.25. The molecule has 1 saturated heterocycles. The van der Waals surface area contributed by atoms with Crippen molar-refractivity contribution in [1.82, 2.24) is 5.32 Å². The minimum Gasteiger partial charge on any atom is -0.327 e. The van der Waals surface area contributed by atoms with Gasteiger partial charge in [-0.15, -0.1) is 24.8 Å². The van der Waals surface area contributed by atoms with Crippen LogP contribution in [0.5, 0.6) is 0 Å². The summed E-state index contributed by atoms with van der Waals surface area (Å²) < 4.78 is 0. The minimum atomic E-state index is 0. The highest BCUT2D eigenvalue weighted by Crippen LogP contribution is 2.06. The topological polar surface area (TPSA) is 38.0 Å². The van der Waals surface area contributed by atoms with E-state index in [2.05, 4.69) is 12.2 Å². The lowest BCUT2D eigenvalue weighted by molar-refractivity contribution is 0.349. The van der Waals surface area contributed by atoms with Crippen LogP contribution < -0.4 is 11.1 Å². The van der Waals surface area contributed by atoms with Crippen LogP contribution in [0.25, 0.3) is 0 Å². The van der Waals surface area contributed by atoms with E-state index < -0.39 is 0 Å². The zero-order valence-electron chi connectivity index (χ0n) is 6.17. The summed E-state index contributed by atoms with van der Waals surface area (Å²) in [5.74, 6) is 0.670. The molecule has 1 aliphatic heterocycles. The molecule has 2 nitrogen and oxygen atoms in total. The van der Waals surface area contributed by atoms with Crippen LogP contribution >= 0.6 is 24.8 Å². The molecule has 0 amide bonds. The zero-order valence-corrected chi connectivity index (χ0v) is 7.80. The number of halogens is 2. The van der Waals surface area contributed by atoms with Crippen molar-refractivity contribution < 1.29 is 0 Å². The fourth-order valence-electron chi connectivity index (χ4n) is 1.03.